The molecule has 2 aromatic rings. The van der Waals surface area contributed by atoms with Crippen LogP contribution in [0.4, 0.5) is 0 Å². The zero-order valence-electron chi connectivity index (χ0n) is 15.5. The number of nitrogens with one attached hydrogen (secondary N) is 1. The summed E-state index contributed by atoms with van der Waals surface area (Å²) >= 11 is 0. The Morgan fingerprint density at radius 2 is 1.96 bits per heavy atom. The van der Waals surface area contributed by atoms with E-state index in [-0.39, 0.29) is 23.6 Å². The van der Waals surface area contributed by atoms with Crippen molar-refractivity contribution in [3.8, 4) is 0 Å². The van der Waals surface area contributed by atoms with Crippen LogP contribution in [0.25, 0.3) is 0 Å². The fraction of sp³-hybridized carbons (Fsp3) is 0.500. The van der Waals surface area contributed by atoms with Gasteiger partial charge in [0.2, 0.25) is 5.43 Å². The molecule has 0 aromatic carbocycles. The van der Waals surface area contributed by atoms with Gasteiger partial charge in [-0.05, 0) is 39.5 Å². The lowest BCUT2D eigenvalue weighted by atomic mass is 10.1. The van der Waals surface area contributed by atoms with Crippen molar-refractivity contribution in [1.82, 2.24) is 24.6 Å². The first-order valence-corrected chi connectivity index (χ1v) is 9.01. The van der Waals surface area contributed by atoms with Gasteiger partial charge in [0.05, 0.1) is 6.04 Å². The first-order valence-electron chi connectivity index (χ1n) is 9.01. The summed E-state index contributed by atoms with van der Waals surface area (Å²) in [6, 6.07) is -0.460. The summed E-state index contributed by atoms with van der Waals surface area (Å²) < 4.78 is 3.27. The molecule has 1 saturated carbocycles. The lowest BCUT2D eigenvalue weighted by Gasteiger charge is -2.19. The van der Waals surface area contributed by atoms with Gasteiger partial charge in [-0.25, -0.2) is 14.5 Å². The Morgan fingerprint density at radius 3 is 2.52 bits per heavy atom. The molecule has 0 radical (unpaired) electrons. The molecule has 1 fully saturated rings. The number of aryl methyl sites for hydroxylation is 1. The van der Waals surface area contributed by atoms with E-state index >= 15 is 0 Å². The van der Waals surface area contributed by atoms with Crippen LogP contribution in [-0.2, 0) is 6.54 Å². The third-order valence-corrected chi connectivity index (χ3v) is 4.72. The maximum absolute atomic E-state index is 12.9. The SMILES string of the molecule is CCn1ncnc1[C@@H](NC(=O)c1cn(C(C)C)cc(C(=O)O)c1=O)C1CC1. The standard InChI is InChI=1S/C18H23N5O4/c1-4-23-16(19-9-20-23)14(11-5-6-11)21-17(25)12-7-22(10(2)3)8-13(15(12)24)18(26)27/h7-11,14H,4-6H2,1-3H3,(H,21,25)(H,26,27)/t14-/m0/s1. The minimum Gasteiger partial charge on any atom is -0.477 e. The van der Waals surface area contributed by atoms with Crippen LogP contribution in [0.2, 0.25) is 0 Å². The van der Waals surface area contributed by atoms with Gasteiger partial charge in [-0.3, -0.25) is 9.59 Å². The summed E-state index contributed by atoms with van der Waals surface area (Å²) in [5.41, 5.74) is -1.39. The smallest absolute Gasteiger partial charge is 0.341 e. The Bertz CT molecular complexity index is 926. The van der Waals surface area contributed by atoms with E-state index in [2.05, 4.69) is 15.4 Å². The zero-order chi connectivity index (χ0) is 19.7. The van der Waals surface area contributed by atoms with E-state index < -0.39 is 22.9 Å². The van der Waals surface area contributed by atoms with Gasteiger partial charge in [0, 0.05) is 25.0 Å². The Kier molecular flexibility index (Phi) is 5.11. The number of carboxylic acids is 1. The quantitative estimate of drug-likeness (QED) is 0.761. The van der Waals surface area contributed by atoms with Gasteiger partial charge in [-0.2, -0.15) is 5.10 Å². The van der Waals surface area contributed by atoms with Gasteiger partial charge < -0.3 is 15.0 Å². The normalized spacial score (nSPS) is 15.0. The number of amides is 1. The molecule has 0 spiro atoms. The summed E-state index contributed by atoms with van der Waals surface area (Å²) in [7, 11) is 0. The average Bonchev–Trinajstić information content (AvgIpc) is 3.35. The van der Waals surface area contributed by atoms with Crippen LogP contribution in [0.5, 0.6) is 0 Å². The van der Waals surface area contributed by atoms with Crippen LogP contribution in [0.15, 0.2) is 23.5 Å². The third-order valence-electron chi connectivity index (χ3n) is 4.72. The molecule has 1 aliphatic rings. The summed E-state index contributed by atoms with van der Waals surface area (Å²) in [5.74, 6) is -1.07. The van der Waals surface area contributed by atoms with Gasteiger partial charge in [-0.15, -0.1) is 0 Å². The fourth-order valence-corrected chi connectivity index (χ4v) is 3.01. The molecule has 0 bridgehead atoms. The number of carbonyl (C=O) groups excluding carboxylic acids is 1. The summed E-state index contributed by atoms with van der Waals surface area (Å²) in [4.78, 5) is 41.1. The average molecular weight is 373 g/mol. The zero-order valence-corrected chi connectivity index (χ0v) is 15.5. The molecule has 0 unspecified atom stereocenters. The first kappa shape index (κ1) is 18.8. The molecule has 1 atom stereocenters. The topological polar surface area (TPSA) is 119 Å². The number of aromatic carboxylic acids is 1. The van der Waals surface area contributed by atoms with Crippen LogP contribution in [0, 0.1) is 5.92 Å². The van der Waals surface area contributed by atoms with E-state index in [1.165, 1.54) is 18.7 Å². The van der Waals surface area contributed by atoms with E-state index in [4.69, 9.17) is 0 Å². The molecule has 144 valence electrons. The minimum absolute atomic E-state index is 0.0994. The van der Waals surface area contributed by atoms with Gasteiger partial charge in [-0.1, -0.05) is 0 Å². The van der Waals surface area contributed by atoms with Crippen molar-refractivity contribution < 1.29 is 14.7 Å². The maximum Gasteiger partial charge on any atom is 0.341 e. The van der Waals surface area contributed by atoms with Crippen LogP contribution >= 0.6 is 0 Å². The van der Waals surface area contributed by atoms with E-state index in [0.29, 0.717) is 12.4 Å². The van der Waals surface area contributed by atoms with Crippen molar-refractivity contribution in [2.75, 3.05) is 0 Å². The van der Waals surface area contributed by atoms with E-state index in [0.717, 1.165) is 12.8 Å². The highest BCUT2D eigenvalue weighted by Crippen LogP contribution is 2.40. The first-order chi connectivity index (χ1) is 12.8. The summed E-state index contributed by atoms with van der Waals surface area (Å²) in [5, 5.41) is 16.3. The number of carbonyl (C=O) groups is 2. The molecule has 27 heavy (non-hydrogen) atoms. The lowest BCUT2D eigenvalue weighted by Crippen LogP contribution is -2.36. The molecule has 0 aliphatic heterocycles. The molecule has 2 aromatic heterocycles. The van der Waals surface area contributed by atoms with Gasteiger partial charge >= 0.3 is 5.97 Å². The second-order valence-corrected chi connectivity index (χ2v) is 6.98. The van der Waals surface area contributed by atoms with Crippen molar-refractivity contribution in [2.45, 2.75) is 52.2 Å². The predicted octanol–water partition coefficient (Wildman–Crippen LogP) is 1.62. The Morgan fingerprint density at radius 1 is 1.30 bits per heavy atom. The van der Waals surface area contributed by atoms with Crippen molar-refractivity contribution in [3.05, 3.63) is 45.9 Å². The predicted molar refractivity (Wildman–Crippen MR) is 96.7 cm³/mol. The molecule has 3 rings (SSSR count). The highest BCUT2D eigenvalue weighted by molar-refractivity contribution is 5.97. The van der Waals surface area contributed by atoms with Crippen molar-refractivity contribution in [3.63, 3.8) is 0 Å². The number of hydrogen-bond donors (Lipinski definition) is 2. The Hall–Kier alpha value is -2.97. The number of nitrogens with zero attached hydrogens (tertiary/aromatic N) is 4. The van der Waals surface area contributed by atoms with Gasteiger partial charge in [0.1, 0.15) is 23.3 Å². The van der Waals surface area contributed by atoms with Crippen molar-refractivity contribution in [1.29, 1.82) is 0 Å². The molecular weight excluding hydrogens is 350 g/mol. The molecule has 9 heteroatoms. The fourth-order valence-electron chi connectivity index (χ4n) is 3.01. The van der Waals surface area contributed by atoms with Crippen LogP contribution in [0.3, 0.4) is 0 Å². The molecule has 1 amide bonds. The molecular formula is C18H23N5O4. The van der Waals surface area contributed by atoms with E-state index in [1.807, 2.05) is 20.8 Å². The van der Waals surface area contributed by atoms with Crippen LogP contribution in [-0.4, -0.2) is 36.3 Å². The van der Waals surface area contributed by atoms with Crippen LogP contribution < -0.4 is 10.7 Å². The highest BCUT2D eigenvalue weighted by Gasteiger charge is 2.37. The molecule has 2 N–H and O–H groups in total. The second-order valence-electron chi connectivity index (χ2n) is 6.98. The maximum atomic E-state index is 12.9. The van der Waals surface area contributed by atoms with Crippen LogP contribution in [0.1, 0.15) is 72.2 Å². The number of rotatable bonds is 7. The largest absolute Gasteiger partial charge is 0.477 e. The third kappa shape index (κ3) is 3.76. The summed E-state index contributed by atoms with van der Waals surface area (Å²) in [6.45, 7) is 6.23. The van der Waals surface area contributed by atoms with E-state index in [1.54, 1.807) is 9.25 Å². The number of aromatic nitrogens is 4. The van der Waals surface area contributed by atoms with E-state index in [9.17, 15) is 19.5 Å². The molecule has 2 heterocycles. The number of carboxylic acid groups (broad SMARTS) is 1. The molecule has 9 nitrogen and oxygen atoms in total. The van der Waals surface area contributed by atoms with Gasteiger partial charge in [0.15, 0.2) is 0 Å². The Balaban J connectivity index is 1.97. The highest BCUT2D eigenvalue weighted by atomic mass is 16.4. The van der Waals surface area contributed by atoms with Gasteiger partial charge in [0.25, 0.3) is 5.91 Å². The summed E-state index contributed by atoms with van der Waals surface area (Å²) in [6.07, 6.45) is 6.01. The minimum atomic E-state index is -1.35. The number of pyridine rings is 1. The van der Waals surface area contributed by atoms with Crippen molar-refractivity contribution >= 4 is 11.9 Å². The molecule has 1 aliphatic carbocycles. The second kappa shape index (κ2) is 7.34. The monoisotopic (exact) mass is 373 g/mol. The van der Waals surface area contributed by atoms with Crippen molar-refractivity contribution in [2.24, 2.45) is 5.92 Å². The number of hydrogen-bond acceptors (Lipinski definition) is 5. The lowest BCUT2D eigenvalue weighted by molar-refractivity contribution is 0.0694. The molecule has 0 saturated heterocycles. The Labute approximate surface area is 156 Å².